The molecule has 1 aromatic rings. The van der Waals surface area contributed by atoms with Crippen LogP contribution in [0.4, 0.5) is 0 Å². The molecule has 2 nitrogen and oxygen atoms in total. The minimum atomic E-state index is -0.978. The van der Waals surface area contributed by atoms with E-state index in [4.69, 9.17) is 0 Å². The number of rotatable bonds is 3. The third-order valence-electron chi connectivity index (χ3n) is 3.01. The zero-order valence-corrected chi connectivity index (χ0v) is 10.4. The van der Waals surface area contributed by atoms with Crippen LogP contribution in [0.3, 0.4) is 0 Å². The SMILES string of the molecule is CS(=O)c1ccc(C=CC2CCCC2)cn1. The summed E-state index contributed by atoms with van der Waals surface area (Å²) in [7, 11) is -0.978. The van der Waals surface area contributed by atoms with E-state index < -0.39 is 10.8 Å². The van der Waals surface area contributed by atoms with E-state index in [9.17, 15) is 4.21 Å². The van der Waals surface area contributed by atoms with E-state index in [1.165, 1.54) is 25.7 Å². The summed E-state index contributed by atoms with van der Waals surface area (Å²) in [5, 5.41) is 0.651. The first-order valence-electron chi connectivity index (χ1n) is 5.73. The number of nitrogens with zero attached hydrogens (tertiary/aromatic N) is 1. The van der Waals surface area contributed by atoms with Crippen LogP contribution in [-0.2, 0) is 10.8 Å². The maximum atomic E-state index is 11.2. The van der Waals surface area contributed by atoms with Crippen LogP contribution in [0.25, 0.3) is 6.08 Å². The van der Waals surface area contributed by atoms with Crippen molar-refractivity contribution < 1.29 is 4.21 Å². The Bertz CT molecular complexity index is 391. The molecule has 0 aliphatic heterocycles. The van der Waals surface area contributed by atoms with Crippen molar-refractivity contribution in [2.45, 2.75) is 30.7 Å². The fraction of sp³-hybridized carbons (Fsp3) is 0.462. The molecule has 0 bridgehead atoms. The molecule has 1 saturated carbocycles. The minimum Gasteiger partial charge on any atom is -0.253 e. The molecular weight excluding hydrogens is 218 g/mol. The molecule has 1 unspecified atom stereocenters. The number of allylic oxidation sites excluding steroid dienone is 1. The molecular formula is C13H17NOS. The van der Waals surface area contributed by atoms with Gasteiger partial charge in [0, 0.05) is 12.5 Å². The van der Waals surface area contributed by atoms with Crippen LogP contribution in [0, 0.1) is 5.92 Å². The largest absolute Gasteiger partial charge is 0.253 e. The molecule has 0 aromatic carbocycles. The van der Waals surface area contributed by atoms with Crippen molar-refractivity contribution in [3.63, 3.8) is 0 Å². The topological polar surface area (TPSA) is 30.0 Å². The summed E-state index contributed by atoms with van der Waals surface area (Å²) in [6.07, 6.45) is 13.2. The molecule has 0 spiro atoms. The number of hydrogen-bond donors (Lipinski definition) is 0. The molecule has 1 heterocycles. The maximum Gasteiger partial charge on any atom is 0.126 e. The Morgan fingerprint density at radius 3 is 2.69 bits per heavy atom. The van der Waals surface area contributed by atoms with Crippen LogP contribution in [0.2, 0.25) is 0 Å². The zero-order chi connectivity index (χ0) is 11.4. The predicted octanol–water partition coefficient (Wildman–Crippen LogP) is 3.02. The summed E-state index contributed by atoms with van der Waals surface area (Å²) in [5.74, 6) is 0.750. The Morgan fingerprint density at radius 1 is 1.38 bits per heavy atom. The molecule has 0 amide bonds. The van der Waals surface area contributed by atoms with E-state index in [0.29, 0.717) is 5.03 Å². The summed E-state index contributed by atoms with van der Waals surface area (Å²) in [5.41, 5.74) is 1.10. The third-order valence-corrected chi connectivity index (χ3v) is 3.84. The molecule has 2 rings (SSSR count). The lowest BCUT2D eigenvalue weighted by molar-refractivity contribution is 0.684. The van der Waals surface area contributed by atoms with E-state index in [0.717, 1.165) is 11.5 Å². The van der Waals surface area contributed by atoms with Crippen molar-refractivity contribution in [2.24, 2.45) is 5.92 Å². The second-order valence-electron chi connectivity index (χ2n) is 4.29. The Kier molecular flexibility index (Phi) is 3.88. The van der Waals surface area contributed by atoms with Gasteiger partial charge in [0.05, 0.1) is 10.8 Å². The van der Waals surface area contributed by atoms with Gasteiger partial charge in [-0.1, -0.05) is 31.1 Å². The average Bonchev–Trinajstić information content (AvgIpc) is 2.80. The Hall–Kier alpha value is -0.960. The van der Waals surface area contributed by atoms with Crippen molar-refractivity contribution in [1.29, 1.82) is 0 Å². The van der Waals surface area contributed by atoms with Gasteiger partial charge in [-0.15, -0.1) is 0 Å². The van der Waals surface area contributed by atoms with Crippen molar-refractivity contribution in [3.8, 4) is 0 Å². The lowest BCUT2D eigenvalue weighted by Gasteiger charge is -2.00. The average molecular weight is 235 g/mol. The molecule has 0 saturated heterocycles. The van der Waals surface area contributed by atoms with Crippen LogP contribution in [0.15, 0.2) is 29.4 Å². The van der Waals surface area contributed by atoms with E-state index >= 15 is 0 Å². The van der Waals surface area contributed by atoms with Gasteiger partial charge in [0.1, 0.15) is 5.03 Å². The minimum absolute atomic E-state index is 0.651. The van der Waals surface area contributed by atoms with Crippen molar-refractivity contribution in [2.75, 3.05) is 6.26 Å². The van der Waals surface area contributed by atoms with Gasteiger partial charge < -0.3 is 0 Å². The van der Waals surface area contributed by atoms with Crippen LogP contribution in [0.5, 0.6) is 0 Å². The molecule has 3 heteroatoms. The summed E-state index contributed by atoms with van der Waals surface area (Å²) < 4.78 is 11.2. The van der Waals surface area contributed by atoms with Crippen molar-refractivity contribution in [1.82, 2.24) is 4.98 Å². The molecule has 86 valence electrons. The second kappa shape index (κ2) is 5.39. The zero-order valence-electron chi connectivity index (χ0n) is 9.56. The highest BCUT2D eigenvalue weighted by Crippen LogP contribution is 2.26. The quantitative estimate of drug-likeness (QED) is 0.806. The Labute approximate surface area is 99.2 Å². The first-order chi connectivity index (χ1) is 7.75. The van der Waals surface area contributed by atoms with Crippen LogP contribution < -0.4 is 0 Å². The fourth-order valence-corrected chi connectivity index (χ4v) is 2.52. The summed E-state index contributed by atoms with van der Waals surface area (Å²) in [6.45, 7) is 0. The van der Waals surface area contributed by atoms with Crippen LogP contribution in [0.1, 0.15) is 31.2 Å². The number of pyridine rings is 1. The standard InChI is InChI=1S/C13H17NOS/c1-16(15)13-9-8-12(10-14-13)7-6-11-4-2-3-5-11/h6-11H,2-5H2,1H3. The molecule has 0 N–H and O–H groups in total. The van der Waals surface area contributed by atoms with E-state index in [1.807, 2.05) is 12.1 Å². The first-order valence-corrected chi connectivity index (χ1v) is 7.29. The van der Waals surface area contributed by atoms with Gasteiger partial charge in [0.15, 0.2) is 0 Å². The second-order valence-corrected chi connectivity index (χ2v) is 5.61. The predicted molar refractivity (Wildman–Crippen MR) is 67.6 cm³/mol. The van der Waals surface area contributed by atoms with Gasteiger partial charge in [-0.25, -0.2) is 4.98 Å². The molecule has 1 fully saturated rings. The van der Waals surface area contributed by atoms with Gasteiger partial charge in [-0.05, 0) is 30.4 Å². The van der Waals surface area contributed by atoms with E-state index in [2.05, 4.69) is 17.1 Å². The molecule has 1 atom stereocenters. The first kappa shape index (κ1) is 11.5. The van der Waals surface area contributed by atoms with Gasteiger partial charge in [-0.2, -0.15) is 0 Å². The number of hydrogen-bond acceptors (Lipinski definition) is 2. The van der Waals surface area contributed by atoms with Crippen molar-refractivity contribution in [3.05, 3.63) is 30.0 Å². The molecule has 1 aliphatic rings. The third kappa shape index (κ3) is 3.01. The Morgan fingerprint density at radius 2 is 2.12 bits per heavy atom. The summed E-state index contributed by atoms with van der Waals surface area (Å²) >= 11 is 0. The molecule has 0 radical (unpaired) electrons. The van der Waals surface area contributed by atoms with E-state index in [-0.39, 0.29) is 0 Å². The molecule has 1 aliphatic carbocycles. The monoisotopic (exact) mass is 235 g/mol. The number of aromatic nitrogens is 1. The lowest BCUT2D eigenvalue weighted by atomic mass is 10.1. The molecule has 1 aromatic heterocycles. The van der Waals surface area contributed by atoms with Gasteiger partial charge in [0.25, 0.3) is 0 Å². The van der Waals surface area contributed by atoms with Crippen LogP contribution >= 0.6 is 0 Å². The smallest absolute Gasteiger partial charge is 0.126 e. The van der Waals surface area contributed by atoms with E-state index in [1.54, 1.807) is 12.5 Å². The van der Waals surface area contributed by atoms with Gasteiger partial charge in [-0.3, -0.25) is 4.21 Å². The highest BCUT2D eigenvalue weighted by Gasteiger charge is 2.10. The van der Waals surface area contributed by atoms with Crippen LogP contribution in [-0.4, -0.2) is 15.4 Å². The lowest BCUT2D eigenvalue weighted by Crippen LogP contribution is -1.91. The maximum absolute atomic E-state index is 11.2. The highest BCUT2D eigenvalue weighted by molar-refractivity contribution is 7.84. The Balaban J connectivity index is 2.01. The van der Waals surface area contributed by atoms with Crippen molar-refractivity contribution >= 4 is 16.9 Å². The highest BCUT2D eigenvalue weighted by atomic mass is 32.2. The molecule has 16 heavy (non-hydrogen) atoms. The van der Waals surface area contributed by atoms with Gasteiger partial charge in [0.2, 0.25) is 0 Å². The van der Waals surface area contributed by atoms with Gasteiger partial charge >= 0.3 is 0 Å². The summed E-state index contributed by atoms with van der Waals surface area (Å²) in [4.78, 5) is 4.17. The summed E-state index contributed by atoms with van der Waals surface area (Å²) in [6, 6.07) is 3.82. The fourth-order valence-electron chi connectivity index (χ4n) is 2.06. The normalized spacial score (nSPS) is 19.3.